The smallest absolute Gasteiger partial charge is 0.106 e. The van der Waals surface area contributed by atoms with Crippen molar-refractivity contribution in [3.63, 3.8) is 0 Å². The molecule has 0 aliphatic heterocycles. The van der Waals surface area contributed by atoms with Gasteiger partial charge >= 0.3 is 0 Å². The number of hydrogen-bond acceptors (Lipinski definition) is 3. The fraction of sp³-hybridized carbons (Fsp3) is 0.517. The molecule has 0 unspecified atom stereocenters. The van der Waals surface area contributed by atoms with Gasteiger partial charge in [0.05, 0.1) is 11.6 Å². The Balaban J connectivity index is 0.000000860. The van der Waals surface area contributed by atoms with Crippen molar-refractivity contribution < 1.29 is 4.79 Å². The van der Waals surface area contributed by atoms with Crippen LogP contribution in [0.15, 0.2) is 42.5 Å². The summed E-state index contributed by atoms with van der Waals surface area (Å²) in [7, 11) is 1.50. The van der Waals surface area contributed by atoms with Gasteiger partial charge in [-0.05, 0) is 110 Å². The summed E-state index contributed by atoms with van der Waals surface area (Å²) in [4.78, 5) is 8.00. The molecule has 2 saturated carbocycles. The predicted molar refractivity (Wildman–Crippen MR) is 134 cm³/mol. The Hall–Kier alpha value is -2.44. The second-order valence-corrected chi connectivity index (χ2v) is 9.84. The third-order valence-electron chi connectivity index (χ3n) is 7.50. The molecular weight excluding hydrogens is 392 g/mol. The summed E-state index contributed by atoms with van der Waals surface area (Å²) >= 11 is 0. The van der Waals surface area contributed by atoms with Gasteiger partial charge in [0.2, 0.25) is 0 Å². The Morgan fingerprint density at radius 1 is 1.06 bits per heavy atom. The van der Waals surface area contributed by atoms with Crippen LogP contribution in [0.1, 0.15) is 92.0 Å². The molecule has 1 spiro atoms. The summed E-state index contributed by atoms with van der Waals surface area (Å²) in [5.41, 5.74) is 11.5. The maximum atomic E-state index is 9.11. The highest BCUT2D eigenvalue weighted by Crippen LogP contribution is 2.57. The van der Waals surface area contributed by atoms with Crippen LogP contribution in [0.4, 0.5) is 0 Å². The maximum Gasteiger partial charge on any atom is 0.106 e. The number of rotatable bonds is 4. The van der Waals surface area contributed by atoms with Gasteiger partial charge in [-0.3, -0.25) is 0 Å². The van der Waals surface area contributed by atoms with Crippen LogP contribution < -0.4 is 5.73 Å². The molecule has 2 N–H and O–H groups in total. The van der Waals surface area contributed by atoms with E-state index in [2.05, 4.69) is 69.0 Å². The highest BCUT2D eigenvalue weighted by molar-refractivity contribution is 5.39. The molecular formula is C29H40N2O. The molecule has 0 heterocycles. The monoisotopic (exact) mass is 432 g/mol. The van der Waals surface area contributed by atoms with E-state index in [9.17, 15) is 0 Å². The average molecular weight is 433 g/mol. The SMILES string of the molecule is C=O.CN.Cc1cc(CC2CC3(CCC(c4ccc(C(C)C)cc4)CC3)C2)ccc1C#N. The van der Waals surface area contributed by atoms with Crippen LogP contribution in [0.25, 0.3) is 0 Å². The Bertz CT molecular complexity index is 878. The van der Waals surface area contributed by atoms with Gasteiger partial charge in [-0.1, -0.05) is 50.2 Å². The molecule has 172 valence electrons. The van der Waals surface area contributed by atoms with Crippen molar-refractivity contribution in [2.75, 3.05) is 7.05 Å². The van der Waals surface area contributed by atoms with Crippen LogP contribution in [0.3, 0.4) is 0 Å². The number of benzene rings is 2. The Labute approximate surface area is 195 Å². The number of nitrogens with two attached hydrogens (primary N) is 1. The quantitative estimate of drug-likeness (QED) is 0.586. The normalized spacial score (nSPS) is 23.8. The summed E-state index contributed by atoms with van der Waals surface area (Å²) in [5.74, 6) is 2.23. The average Bonchev–Trinajstić information content (AvgIpc) is 2.81. The van der Waals surface area contributed by atoms with Gasteiger partial charge in [0.1, 0.15) is 6.79 Å². The van der Waals surface area contributed by atoms with Crippen LogP contribution in [0, 0.1) is 29.6 Å². The molecule has 4 rings (SSSR count). The predicted octanol–water partition coefficient (Wildman–Crippen LogP) is 6.68. The molecule has 0 amide bonds. The van der Waals surface area contributed by atoms with Gasteiger partial charge in [0, 0.05) is 0 Å². The van der Waals surface area contributed by atoms with Gasteiger partial charge in [-0.25, -0.2) is 0 Å². The van der Waals surface area contributed by atoms with Crippen LogP contribution in [0.2, 0.25) is 0 Å². The molecule has 0 bridgehead atoms. The first kappa shape index (κ1) is 25.8. The number of carbonyl (C=O) groups excluding carboxylic acids is 1. The van der Waals surface area contributed by atoms with Crippen molar-refractivity contribution in [3.05, 3.63) is 70.3 Å². The molecule has 2 fully saturated rings. The Kier molecular flexibility index (Phi) is 9.66. The third kappa shape index (κ3) is 6.08. The Morgan fingerprint density at radius 2 is 1.66 bits per heavy atom. The zero-order chi connectivity index (χ0) is 23.7. The Morgan fingerprint density at radius 3 is 2.16 bits per heavy atom. The summed E-state index contributed by atoms with van der Waals surface area (Å²) in [6.45, 7) is 8.59. The van der Waals surface area contributed by atoms with E-state index in [0.29, 0.717) is 11.3 Å². The zero-order valence-corrected chi connectivity index (χ0v) is 20.4. The molecule has 32 heavy (non-hydrogen) atoms. The first-order valence-electron chi connectivity index (χ1n) is 11.9. The van der Waals surface area contributed by atoms with E-state index in [1.54, 1.807) is 5.56 Å². The lowest BCUT2D eigenvalue weighted by atomic mass is 9.53. The lowest BCUT2D eigenvalue weighted by Crippen LogP contribution is -2.40. The largest absolute Gasteiger partial charge is 0.333 e. The fourth-order valence-corrected chi connectivity index (χ4v) is 5.75. The minimum absolute atomic E-state index is 0.621. The van der Waals surface area contributed by atoms with Gasteiger partial charge < -0.3 is 10.5 Å². The number of nitrogens with zero attached hydrogens (tertiary/aromatic N) is 1. The first-order chi connectivity index (χ1) is 15.5. The first-order valence-corrected chi connectivity index (χ1v) is 11.9. The number of carbonyl (C=O) groups is 1. The molecule has 0 saturated heterocycles. The van der Waals surface area contributed by atoms with Gasteiger partial charge in [-0.15, -0.1) is 0 Å². The lowest BCUT2D eigenvalue weighted by molar-refractivity contribution is -0.0979. The van der Waals surface area contributed by atoms with E-state index in [1.165, 1.54) is 63.1 Å². The number of hydrogen-bond donors (Lipinski definition) is 1. The van der Waals surface area contributed by atoms with Crippen LogP contribution in [-0.2, 0) is 11.2 Å². The molecule has 2 aromatic rings. The van der Waals surface area contributed by atoms with Crippen LogP contribution in [0.5, 0.6) is 0 Å². The van der Waals surface area contributed by atoms with E-state index < -0.39 is 0 Å². The van der Waals surface area contributed by atoms with Gasteiger partial charge in [0.25, 0.3) is 0 Å². The van der Waals surface area contributed by atoms with Crippen molar-refractivity contribution in [2.45, 2.75) is 77.6 Å². The highest BCUT2D eigenvalue weighted by Gasteiger charge is 2.45. The molecule has 3 heteroatoms. The molecule has 2 aliphatic carbocycles. The van der Waals surface area contributed by atoms with Crippen molar-refractivity contribution in [1.82, 2.24) is 0 Å². The molecule has 0 radical (unpaired) electrons. The summed E-state index contributed by atoms with van der Waals surface area (Å²) < 4.78 is 0. The third-order valence-corrected chi connectivity index (χ3v) is 7.50. The lowest BCUT2D eigenvalue weighted by Gasteiger charge is -2.52. The minimum atomic E-state index is 0.621. The molecule has 2 aromatic carbocycles. The molecule has 0 atom stereocenters. The van der Waals surface area contributed by atoms with E-state index >= 15 is 0 Å². The summed E-state index contributed by atoms with van der Waals surface area (Å²) in [6.07, 6.45) is 9.55. The highest BCUT2D eigenvalue weighted by atomic mass is 16.1. The van der Waals surface area contributed by atoms with Crippen LogP contribution in [-0.4, -0.2) is 13.8 Å². The van der Waals surface area contributed by atoms with E-state index in [1.807, 2.05) is 12.9 Å². The minimum Gasteiger partial charge on any atom is -0.333 e. The van der Waals surface area contributed by atoms with Gasteiger partial charge in [0.15, 0.2) is 0 Å². The van der Waals surface area contributed by atoms with Crippen molar-refractivity contribution in [2.24, 2.45) is 17.1 Å². The second-order valence-electron chi connectivity index (χ2n) is 9.84. The zero-order valence-electron chi connectivity index (χ0n) is 20.4. The summed E-state index contributed by atoms with van der Waals surface area (Å²) in [5, 5.41) is 9.11. The van der Waals surface area contributed by atoms with Crippen molar-refractivity contribution >= 4 is 6.79 Å². The summed E-state index contributed by atoms with van der Waals surface area (Å²) in [6, 6.07) is 18.1. The second kappa shape index (κ2) is 12.0. The fourth-order valence-electron chi connectivity index (χ4n) is 5.75. The molecule has 2 aliphatic rings. The van der Waals surface area contributed by atoms with Crippen molar-refractivity contribution in [3.8, 4) is 6.07 Å². The topological polar surface area (TPSA) is 66.9 Å². The van der Waals surface area contributed by atoms with E-state index in [4.69, 9.17) is 10.1 Å². The molecule has 0 aromatic heterocycles. The van der Waals surface area contributed by atoms with E-state index in [-0.39, 0.29) is 0 Å². The van der Waals surface area contributed by atoms with Gasteiger partial charge in [-0.2, -0.15) is 5.26 Å². The number of nitriles is 1. The van der Waals surface area contributed by atoms with Crippen LogP contribution >= 0.6 is 0 Å². The van der Waals surface area contributed by atoms with Crippen molar-refractivity contribution in [1.29, 1.82) is 5.26 Å². The van der Waals surface area contributed by atoms with E-state index in [0.717, 1.165) is 23.0 Å². The number of aryl methyl sites for hydroxylation is 1. The molecule has 3 nitrogen and oxygen atoms in total. The maximum absolute atomic E-state index is 9.11. The standard InChI is InChI=1S/C27H33N.CH5N.CH2O/c1-19(2)23-6-8-24(9-7-23)25-10-12-27(13-11-25)16-22(17-27)15-21-4-5-26(18-28)20(3)14-21;2*1-2/h4-9,14,19,22,25H,10-13,15-17H2,1-3H3;2H2,1H3;1H2.